The van der Waals surface area contributed by atoms with Gasteiger partial charge in [0.05, 0.1) is 17.8 Å². The normalized spacial score (nSPS) is 9.83. The van der Waals surface area contributed by atoms with Gasteiger partial charge < -0.3 is 4.74 Å². The van der Waals surface area contributed by atoms with Gasteiger partial charge in [-0.25, -0.2) is 0 Å². The van der Waals surface area contributed by atoms with Gasteiger partial charge >= 0.3 is 0 Å². The van der Waals surface area contributed by atoms with Crippen LogP contribution in [0.1, 0.15) is 5.56 Å². The fraction of sp³-hybridized carbons (Fsp3) is 0.0769. The maximum absolute atomic E-state index is 11.9. The zero-order valence-electron chi connectivity index (χ0n) is 9.55. The van der Waals surface area contributed by atoms with Gasteiger partial charge in [-0.3, -0.25) is 9.36 Å². The molecule has 0 aliphatic rings. The molecule has 0 N–H and O–H groups in total. The molecule has 0 aliphatic heterocycles. The van der Waals surface area contributed by atoms with Crippen molar-refractivity contribution in [1.29, 1.82) is 5.26 Å². The summed E-state index contributed by atoms with van der Waals surface area (Å²) in [6.07, 6.45) is 1.58. The van der Waals surface area contributed by atoms with E-state index < -0.39 is 0 Å². The maximum Gasteiger partial charge on any atom is 0.272 e. The van der Waals surface area contributed by atoms with Gasteiger partial charge in [0.25, 0.3) is 5.56 Å². The number of pyridine rings is 1. The van der Waals surface area contributed by atoms with Crippen LogP contribution in [0.15, 0.2) is 41.3 Å². The van der Waals surface area contributed by atoms with Gasteiger partial charge in [0, 0.05) is 6.20 Å². The van der Waals surface area contributed by atoms with Crippen LogP contribution in [-0.2, 0) is 0 Å². The molecule has 0 bridgehead atoms. The number of halogens is 1. The smallest absolute Gasteiger partial charge is 0.272 e. The minimum Gasteiger partial charge on any atom is -0.495 e. The Morgan fingerprint density at radius 3 is 2.78 bits per heavy atom. The number of hydrogen-bond donors (Lipinski definition) is 0. The lowest BCUT2D eigenvalue weighted by Crippen LogP contribution is -2.19. The molecule has 1 aromatic carbocycles. The molecular weight excluding hydrogens is 252 g/mol. The standard InChI is InChI=1S/C13H9ClN2O2/c1-18-12-5-4-10(7-11(12)14)16-6-2-3-9(8-15)13(16)17/h2-7H,1H3. The van der Waals surface area contributed by atoms with Crippen molar-refractivity contribution >= 4 is 11.6 Å². The molecule has 18 heavy (non-hydrogen) atoms. The third kappa shape index (κ3) is 2.08. The second kappa shape index (κ2) is 4.94. The summed E-state index contributed by atoms with van der Waals surface area (Å²) in [4.78, 5) is 11.9. The summed E-state index contributed by atoms with van der Waals surface area (Å²) >= 11 is 6.00. The highest BCUT2D eigenvalue weighted by molar-refractivity contribution is 6.32. The molecule has 0 aliphatic carbocycles. The maximum atomic E-state index is 11.9. The number of aromatic nitrogens is 1. The first-order valence-corrected chi connectivity index (χ1v) is 5.51. The van der Waals surface area contributed by atoms with E-state index in [2.05, 4.69) is 0 Å². The molecule has 4 nitrogen and oxygen atoms in total. The van der Waals surface area contributed by atoms with Crippen molar-refractivity contribution in [3.63, 3.8) is 0 Å². The van der Waals surface area contributed by atoms with Crippen LogP contribution in [0.3, 0.4) is 0 Å². The molecule has 2 aromatic rings. The van der Waals surface area contributed by atoms with Gasteiger partial charge in [-0.05, 0) is 30.3 Å². The molecule has 1 heterocycles. The van der Waals surface area contributed by atoms with Crippen LogP contribution < -0.4 is 10.3 Å². The van der Waals surface area contributed by atoms with E-state index in [1.165, 1.54) is 17.7 Å². The second-order valence-electron chi connectivity index (χ2n) is 3.53. The molecule has 0 amide bonds. The number of ether oxygens (including phenoxy) is 1. The summed E-state index contributed by atoms with van der Waals surface area (Å²) in [5.74, 6) is 0.532. The van der Waals surface area contributed by atoms with Crippen LogP contribution in [0.4, 0.5) is 0 Å². The van der Waals surface area contributed by atoms with Crippen LogP contribution in [-0.4, -0.2) is 11.7 Å². The predicted octanol–water partition coefficient (Wildman–Crippen LogP) is 2.37. The average molecular weight is 261 g/mol. The van der Waals surface area contributed by atoms with Crippen molar-refractivity contribution in [2.45, 2.75) is 0 Å². The lowest BCUT2D eigenvalue weighted by molar-refractivity contribution is 0.415. The molecule has 0 saturated carbocycles. The highest BCUT2D eigenvalue weighted by Crippen LogP contribution is 2.26. The van der Waals surface area contributed by atoms with E-state index in [9.17, 15) is 4.79 Å². The Hall–Kier alpha value is -2.25. The molecule has 0 atom stereocenters. The number of nitrogens with zero attached hydrogens (tertiary/aromatic N) is 2. The van der Waals surface area contributed by atoms with Crippen molar-refractivity contribution in [2.75, 3.05) is 7.11 Å². The fourth-order valence-corrected chi connectivity index (χ4v) is 1.84. The molecule has 90 valence electrons. The lowest BCUT2D eigenvalue weighted by Gasteiger charge is -2.08. The minimum atomic E-state index is -0.374. The van der Waals surface area contributed by atoms with Crippen LogP contribution in [0.2, 0.25) is 5.02 Å². The summed E-state index contributed by atoms with van der Waals surface area (Å²) in [5, 5.41) is 9.22. The Bertz CT molecular complexity index is 686. The van der Waals surface area contributed by atoms with Crippen molar-refractivity contribution < 1.29 is 4.74 Å². The monoisotopic (exact) mass is 260 g/mol. The highest BCUT2D eigenvalue weighted by atomic mass is 35.5. The van der Waals surface area contributed by atoms with E-state index in [1.54, 1.807) is 30.5 Å². The Labute approximate surface area is 109 Å². The summed E-state index contributed by atoms with van der Waals surface area (Å²) in [6, 6.07) is 9.95. The Morgan fingerprint density at radius 1 is 1.39 bits per heavy atom. The molecule has 0 fully saturated rings. The first kappa shape index (κ1) is 12.2. The van der Waals surface area contributed by atoms with Crippen LogP contribution >= 0.6 is 11.6 Å². The number of benzene rings is 1. The van der Waals surface area contributed by atoms with Gasteiger partial charge in [-0.2, -0.15) is 5.26 Å². The molecule has 0 unspecified atom stereocenters. The quantitative estimate of drug-likeness (QED) is 0.833. The molecule has 5 heteroatoms. The first-order valence-electron chi connectivity index (χ1n) is 5.13. The summed E-state index contributed by atoms with van der Waals surface area (Å²) in [6.45, 7) is 0. The van der Waals surface area contributed by atoms with E-state index in [-0.39, 0.29) is 11.1 Å². The number of methoxy groups -OCH3 is 1. The summed E-state index contributed by atoms with van der Waals surface area (Å²) in [5.41, 5.74) is 0.300. The zero-order chi connectivity index (χ0) is 13.1. The van der Waals surface area contributed by atoms with Gasteiger partial charge in [0.15, 0.2) is 0 Å². The van der Waals surface area contributed by atoms with E-state index in [4.69, 9.17) is 21.6 Å². The number of rotatable bonds is 2. The van der Waals surface area contributed by atoms with Crippen LogP contribution in [0.5, 0.6) is 5.75 Å². The Morgan fingerprint density at radius 2 is 2.17 bits per heavy atom. The number of nitriles is 1. The predicted molar refractivity (Wildman–Crippen MR) is 68.3 cm³/mol. The van der Waals surface area contributed by atoms with Crippen molar-refractivity contribution in [2.24, 2.45) is 0 Å². The van der Waals surface area contributed by atoms with E-state index in [0.717, 1.165) is 0 Å². The third-order valence-electron chi connectivity index (χ3n) is 2.48. The average Bonchev–Trinajstić information content (AvgIpc) is 2.39. The summed E-state index contributed by atoms with van der Waals surface area (Å²) in [7, 11) is 1.52. The van der Waals surface area contributed by atoms with E-state index >= 15 is 0 Å². The fourth-order valence-electron chi connectivity index (χ4n) is 1.59. The van der Waals surface area contributed by atoms with Crippen molar-refractivity contribution in [3.8, 4) is 17.5 Å². The highest BCUT2D eigenvalue weighted by Gasteiger charge is 2.07. The van der Waals surface area contributed by atoms with Crippen molar-refractivity contribution in [3.05, 3.63) is 57.5 Å². The zero-order valence-corrected chi connectivity index (χ0v) is 10.3. The second-order valence-corrected chi connectivity index (χ2v) is 3.93. The van der Waals surface area contributed by atoms with Crippen LogP contribution in [0, 0.1) is 11.3 Å². The van der Waals surface area contributed by atoms with Crippen molar-refractivity contribution in [1.82, 2.24) is 4.57 Å². The van der Waals surface area contributed by atoms with Gasteiger partial charge in [0.1, 0.15) is 17.4 Å². The van der Waals surface area contributed by atoms with E-state index in [1.807, 2.05) is 6.07 Å². The lowest BCUT2D eigenvalue weighted by atomic mass is 10.2. The first-order chi connectivity index (χ1) is 8.67. The molecular formula is C13H9ClN2O2. The largest absolute Gasteiger partial charge is 0.495 e. The van der Waals surface area contributed by atoms with E-state index in [0.29, 0.717) is 16.5 Å². The minimum absolute atomic E-state index is 0.0874. The number of hydrogen-bond acceptors (Lipinski definition) is 3. The third-order valence-corrected chi connectivity index (χ3v) is 2.78. The molecule has 0 saturated heterocycles. The SMILES string of the molecule is COc1ccc(-n2cccc(C#N)c2=O)cc1Cl. The van der Waals surface area contributed by atoms with Gasteiger partial charge in [-0.1, -0.05) is 11.6 Å². The van der Waals surface area contributed by atoms with Crippen LogP contribution in [0.25, 0.3) is 5.69 Å². The van der Waals surface area contributed by atoms with Gasteiger partial charge in [0.2, 0.25) is 0 Å². The molecule has 1 aromatic heterocycles. The topological polar surface area (TPSA) is 55.0 Å². The molecule has 0 spiro atoms. The Kier molecular flexibility index (Phi) is 3.35. The molecule has 0 radical (unpaired) electrons. The summed E-state index contributed by atoms with van der Waals surface area (Å²) < 4.78 is 6.40. The molecule has 2 rings (SSSR count). The Balaban J connectivity index is 2.60. The van der Waals surface area contributed by atoms with Gasteiger partial charge in [-0.15, -0.1) is 0 Å².